The molecule has 1 unspecified atom stereocenters. The molecule has 1 rings (SSSR count). The van der Waals surface area contributed by atoms with Crippen molar-refractivity contribution in [2.24, 2.45) is 5.73 Å². The number of rotatable bonds is 1. The van der Waals surface area contributed by atoms with Crippen LogP contribution in [0, 0.1) is 0 Å². The fraction of sp³-hybridized carbons (Fsp3) is 1.00. The first kappa shape index (κ1) is 8.17. The van der Waals surface area contributed by atoms with Gasteiger partial charge in [0, 0.05) is 0 Å². The second-order valence-corrected chi connectivity index (χ2v) is 4.19. The average molecular weight is 163 g/mol. The third-order valence-electron chi connectivity index (χ3n) is 2.05. The fourth-order valence-corrected chi connectivity index (χ4v) is 1.96. The molecule has 1 aliphatic carbocycles. The molecule has 0 aromatic carbocycles. The smallest absolute Gasteiger partial charge is 0.173 e. The van der Waals surface area contributed by atoms with Crippen LogP contribution in [-0.4, -0.2) is 13.6 Å². The highest BCUT2D eigenvalue weighted by Gasteiger charge is 2.33. The zero-order chi connectivity index (χ0) is 7.61. The van der Waals surface area contributed by atoms with Crippen molar-refractivity contribution in [3.63, 3.8) is 0 Å². The molecule has 0 spiro atoms. The molecule has 3 N–H and O–H groups in total. The zero-order valence-electron chi connectivity index (χ0n) is 5.88. The zero-order valence-corrected chi connectivity index (χ0v) is 6.69. The van der Waals surface area contributed by atoms with Crippen molar-refractivity contribution in [3.05, 3.63) is 0 Å². The van der Waals surface area contributed by atoms with E-state index in [2.05, 4.69) is 0 Å². The Hall–Kier alpha value is 0.0700. The number of hydrogen-bond donors (Lipinski definition) is 2. The molecule has 10 heavy (non-hydrogen) atoms. The van der Waals surface area contributed by atoms with Crippen molar-refractivity contribution < 1.29 is 8.76 Å². The van der Waals surface area contributed by atoms with Gasteiger partial charge in [-0.05, 0) is 12.8 Å². The Labute approximate surface area is 63.3 Å². The maximum absolute atomic E-state index is 10.7. The van der Waals surface area contributed by atoms with Gasteiger partial charge in [0.15, 0.2) is 11.1 Å². The van der Waals surface area contributed by atoms with Gasteiger partial charge in [0.2, 0.25) is 0 Å². The minimum atomic E-state index is -1.84. The summed E-state index contributed by atoms with van der Waals surface area (Å²) in [5.74, 6) is 0. The standard InChI is InChI=1S/C6H13NO2S/c7-6(10(8)9)4-2-1-3-5-6/h1-5,7H2,(H,8,9). The molecule has 1 fully saturated rings. The lowest BCUT2D eigenvalue weighted by Crippen LogP contribution is -2.45. The van der Waals surface area contributed by atoms with Crippen LogP contribution in [0.4, 0.5) is 0 Å². The molecule has 0 aromatic rings. The van der Waals surface area contributed by atoms with E-state index < -0.39 is 16.0 Å². The van der Waals surface area contributed by atoms with Crippen molar-refractivity contribution in [1.82, 2.24) is 0 Å². The first-order chi connectivity index (χ1) is 4.65. The maximum Gasteiger partial charge on any atom is 0.173 e. The molecule has 0 bridgehead atoms. The minimum Gasteiger partial charge on any atom is -0.313 e. The first-order valence-electron chi connectivity index (χ1n) is 3.55. The van der Waals surface area contributed by atoms with Crippen molar-refractivity contribution in [1.29, 1.82) is 0 Å². The van der Waals surface area contributed by atoms with Crippen LogP contribution < -0.4 is 5.73 Å². The van der Waals surface area contributed by atoms with E-state index >= 15 is 0 Å². The van der Waals surface area contributed by atoms with Crippen LogP contribution in [0.15, 0.2) is 0 Å². The third kappa shape index (κ3) is 1.56. The summed E-state index contributed by atoms with van der Waals surface area (Å²) in [6.45, 7) is 0. The molecule has 0 heterocycles. The Morgan fingerprint density at radius 3 is 2.10 bits per heavy atom. The molecule has 1 aliphatic rings. The molecule has 0 amide bonds. The van der Waals surface area contributed by atoms with Gasteiger partial charge in [-0.15, -0.1) is 0 Å². The highest BCUT2D eigenvalue weighted by molar-refractivity contribution is 7.80. The van der Waals surface area contributed by atoms with Gasteiger partial charge in [0.1, 0.15) is 4.87 Å². The molecule has 0 radical (unpaired) electrons. The molecular formula is C6H13NO2S. The molecule has 3 nitrogen and oxygen atoms in total. The van der Waals surface area contributed by atoms with E-state index in [1.807, 2.05) is 0 Å². The Kier molecular flexibility index (Phi) is 2.44. The molecule has 60 valence electrons. The molecule has 0 aliphatic heterocycles. The highest BCUT2D eigenvalue weighted by Crippen LogP contribution is 2.27. The van der Waals surface area contributed by atoms with Gasteiger partial charge in [-0.2, -0.15) is 0 Å². The summed E-state index contributed by atoms with van der Waals surface area (Å²) in [4.78, 5) is -0.793. The second-order valence-electron chi connectivity index (χ2n) is 2.87. The van der Waals surface area contributed by atoms with Crippen LogP contribution in [0.3, 0.4) is 0 Å². The molecular weight excluding hydrogens is 150 g/mol. The lowest BCUT2D eigenvalue weighted by molar-refractivity contribution is 0.373. The van der Waals surface area contributed by atoms with Gasteiger partial charge in [0.25, 0.3) is 0 Å². The van der Waals surface area contributed by atoms with Gasteiger partial charge < -0.3 is 10.3 Å². The summed E-state index contributed by atoms with van der Waals surface area (Å²) in [6, 6.07) is 0. The van der Waals surface area contributed by atoms with Crippen molar-refractivity contribution >= 4 is 11.1 Å². The van der Waals surface area contributed by atoms with E-state index in [0.717, 1.165) is 19.3 Å². The van der Waals surface area contributed by atoms with Crippen molar-refractivity contribution in [2.75, 3.05) is 0 Å². The molecule has 0 aromatic heterocycles. The van der Waals surface area contributed by atoms with Crippen LogP contribution in [0.5, 0.6) is 0 Å². The minimum absolute atomic E-state index is 0.691. The third-order valence-corrected chi connectivity index (χ3v) is 3.15. The monoisotopic (exact) mass is 163 g/mol. The van der Waals surface area contributed by atoms with Crippen LogP contribution in [0.2, 0.25) is 0 Å². The predicted octanol–water partition coefficient (Wildman–Crippen LogP) is 0.827. The summed E-state index contributed by atoms with van der Waals surface area (Å²) in [6.07, 6.45) is 4.51. The summed E-state index contributed by atoms with van der Waals surface area (Å²) >= 11 is -1.84. The summed E-state index contributed by atoms with van der Waals surface area (Å²) in [5, 5.41) is 0. The molecule has 1 saturated carbocycles. The van der Waals surface area contributed by atoms with Gasteiger partial charge in [-0.1, -0.05) is 19.3 Å². The molecule has 4 heteroatoms. The quantitative estimate of drug-likeness (QED) is 0.563. The first-order valence-corrected chi connectivity index (χ1v) is 4.66. The lowest BCUT2D eigenvalue weighted by atomic mass is 9.96. The van der Waals surface area contributed by atoms with Gasteiger partial charge in [-0.3, -0.25) is 0 Å². The van der Waals surface area contributed by atoms with Crippen LogP contribution >= 0.6 is 0 Å². The lowest BCUT2D eigenvalue weighted by Gasteiger charge is -2.29. The maximum atomic E-state index is 10.7. The Bertz CT molecular complexity index is 143. The number of nitrogens with two attached hydrogens (primary N) is 1. The summed E-state index contributed by atoms with van der Waals surface area (Å²) in [7, 11) is 0. The van der Waals surface area contributed by atoms with Gasteiger partial charge >= 0.3 is 0 Å². The molecule has 1 atom stereocenters. The largest absolute Gasteiger partial charge is 0.313 e. The van der Waals surface area contributed by atoms with Gasteiger partial charge in [0.05, 0.1) is 0 Å². The van der Waals surface area contributed by atoms with Crippen LogP contribution in [-0.2, 0) is 11.1 Å². The summed E-state index contributed by atoms with van der Waals surface area (Å²) in [5.41, 5.74) is 5.65. The van der Waals surface area contributed by atoms with Gasteiger partial charge in [-0.25, -0.2) is 4.21 Å². The van der Waals surface area contributed by atoms with E-state index in [4.69, 9.17) is 10.3 Å². The van der Waals surface area contributed by atoms with E-state index in [9.17, 15) is 4.21 Å². The van der Waals surface area contributed by atoms with Crippen LogP contribution in [0.1, 0.15) is 32.1 Å². The normalized spacial score (nSPS) is 27.8. The Morgan fingerprint density at radius 2 is 1.80 bits per heavy atom. The predicted molar refractivity (Wildman–Crippen MR) is 40.8 cm³/mol. The van der Waals surface area contributed by atoms with E-state index in [-0.39, 0.29) is 0 Å². The van der Waals surface area contributed by atoms with Crippen LogP contribution in [0.25, 0.3) is 0 Å². The Balaban J connectivity index is 2.56. The Morgan fingerprint density at radius 1 is 1.30 bits per heavy atom. The number of hydrogen-bond acceptors (Lipinski definition) is 2. The van der Waals surface area contributed by atoms with E-state index in [1.165, 1.54) is 0 Å². The fourth-order valence-electron chi connectivity index (χ4n) is 1.32. The summed E-state index contributed by atoms with van der Waals surface area (Å²) < 4.78 is 19.4. The van der Waals surface area contributed by atoms with E-state index in [1.54, 1.807) is 0 Å². The topological polar surface area (TPSA) is 63.3 Å². The average Bonchev–Trinajstić information content (AvgIpc) is 1.89. The van der Waals surface area contributed by atoms with E-state index in [0.29, 0.717) is 12.8 Å². The van der Waals surface area contributed by atoms with Crippen molar-refractivity contribution in [3.8, 4) is 0 Å². The van der Waals surface area contributed by atoms with Crippen molar-refractivity contribution in [2.45, 2.75) is 37.0 Å². The molecule has 0 saturated heterocycles. The highest BCUT2D eigenvalue weighted by atomic mass is 32.2. The SMILES string of the molecule is NC1(S(=O)O)CCCCC1. The second kappa shape index (κ2) is 2.98.